The summed E-state index contributed by atoms with van der Waals surface area (Å²) in [6, 6.07) is 44.2. The summed E-state index contributed by atoms with van der Waals surface area (Å²) in [5, 5.41) is 0. The Kier molecular flexibility index (Phi) is 7.81. The zero-order valence-electron chi connectivity index (χ0n) is 27.6. The average molecular weight is 602 g/mol. The first-order chi connectivity index (χ1) is 22.6. The van der Waals surface area contributed by atoms with Gasteiger partial charge in [-0.25, -0.2) is 0 Å². The minimum absolute atomic E-state index is 0.0905. The van der Waals surface area contributed by atoms with Gasteiger partial charge >= 0.3 is 0 Å². The van der Waals surface area contributed by atoms with Gasteiger partial charge in [-0.3, -0.25) is 0 Å². The van der Waals surface area contributed by atoms with Crippen LogP contribution in [0.5, 0.6) is 0 Å². The van der Waals surface area contributed by atoms with Crippen molar-refractivity contribution in [2.45, 2.75) is 95.3 Å². The van der Waals surface area contributed by atoms with E-state index in [-0.39, 0.29) is 5.41 Å². The Labute approximate surface area is 276 Å². The van der Waals surface area contributed by atoms with Crippen LogP contribution in [0, 0.1) is 0 Å². The van der Waals surface area contributed by atoms with Crippen molar-refractivity contribution < 1.29 is 0 Å². The summed E-state index contributed by atoms with van der Waals surface area (Å²) < 4.78 is 0. The van der Waals surface area contributed by atoms with E-state index in [1.54, 1.807) is 0 Å². The Balaban J connectivity index is 1.29. The second kappa shape index (κ2) is 12.3. The Hall–Kier alpha value is -4.10. The summed E-state index contributed by atoms with van der Waals surface area (Å²) in [5.74, 6) is 1.41. The molecule has 0 atom stereocenters. The number of anilines is 3. The molecule has 0 bridgehead atoms. The van der Waals surface area contributed by atoms with Crippen LogP contribution in [-0.2, 0) is 5.41 Å². The highest BCUT2D eigenvalue weighted by Crippen LogP contribution is 2.54. The van der Waals surface area contributed by atoms with Crippen LogP contribution >= 0.6 is 0 Å². The second-order valence-corrected chi connectivity index (χ2v) is 14.6. The molecule has 0 saturated heterocycles. The molecular formula is C45H47N. The minimum atomic E-state index is -0.0905. The largest absolute Gasteiger partial charge is 0.310 e. The lowest BCUT2D eigenvalue weighted by atomic mass is 9.81. The van der Waals surface area contributed by atoms with Gasteiger partial charge in [0.2, 0.25) is 0 Å². The van der Waals surface area contributed by atoms with Gasteiger partial charge in [0.05, 0.1) is 0 Å². The molecule has 1 heteroatoms. The summed E-state index contributed by atoms with van der Waals surface area (Å²) in [7, 11) is 0. The van der Waals surface area contributed by atoms with E-state index in [1.165, 1.54) is 126 Å². The summed E-state index contributed by atoms with van der Waals surface area (Å²) >= 11 is 0. The van der Waals surface area contributed by atoms with Gasteiger partial charge in [0, 0.05) is 22.5 Å². The van der Waals surface area contributed by atoms with Crippen LogP contribution in [0.25, 0.3) is 22.3 Å². The zero-order chi connectivity index (χ0) is 31.1. The first kappa shape index (κ1) is 29.3. The summed E-state index contributed by atoms with van der Waals surface area (Å²) in [5.41, 5.74) is 14.8. The Morgan fingerprint density at radius 2 is 1.00 bits per heavy atom. The smallest absolute Gasteiger partial charge is 0.0471 e. The molecule has 5 aromatic rings. The van der Waals surface area contributed by atoms with Crippen molar-refractivity contribution in [3.05, 3.63) is 138 Å². The normalized spacial score (nSPS) is 17.8. The molecule has 0 aromatic heterocycles. The predicted molar refractivity (Wildman–Crippen MR) is 196 cm³/mol. The van der Waals surface area contributed by atoms with Gasteiger partial charge in [0.1, 0.15) is 0 Å². The van der Waals surface area contributed by atoms with E-state index in [0.29, 0.717) is 11.8 Å². The van der Waals surface area contributed by atoms with Crippen LogP contribution in [0.2, 0.25) is 0 Å². The van der Waals surface area contributed by atoms with E-state index < -0.39 is 0 Å². The maximum absolute atomic E-state index is 2.51. The Morgan fingerprint density at radius 1 is 0.478 bits per heavy atom. The van der Waals surface area contributed by atoms with E-state index in [4.69, 9.17) is 0 Å². The van der Waals surface area contributed by atoms with E-state index in [2.05, 4.69) is 134 Å². The van der Waals surface area contributed by atoms with Crippen molar-refractivity contribution in [2.24, 2.45) is 0 Å². The van der Waals surface area contributed by atoms with Crippen molar-refractivity contribution in [1.29, 1.82) is 0 Å². The number of rotatable bonds is 6. The molecule has 0 amide bonds. The molecule has 232 valence electrons. The standard InChI is InChI=1S/C45H47N/c1-45(2)42-21-13-12-20-40(42)44-41(36-18-10-5-11-19-36)30-39(31-43(44)45)46(37-26-22-34(23-27-37)32-14-6-3-7-15-32)38-28-24-35(25-29-38)33-16-8-4-9-17-33/h5,10-13,18-33H,3-4,6-9,14-17H2,1-2H3. The lowest BCUT2D eigenvalue weighted by molar-refractivity contribution is 0.443. The van der Waals surface area contributed by atoms with Gasteiger partial charge in [-0.05, 0) is 118 Å². The minimum Gasteiger partial charge on any atom is -0.310 e. The number of hydrogen-bond acceptors (Lipinski definition) is 1. The highest BCUT2D eigenvalue weighted by molar-refractivity contribution is 5.96. The number of fused-ring (bicyclic) bond motifs is 3. The fourth-order valence-corrected chi connectivity index (χ4v) is 8.89. The van der Waals surface area contributed by atoms with Crippen LogP contribution in [0.3, 0.4) is 0 Å². The topological polar surface area (TPSA) is 3.24 Å². The van der Waals surface area contributed by atoms with Gasteiger partial charge in [-0.1, -0.05) is 131 Å². The Bertz CT molecular complexity index is 1740. The molecule has 46 heavy (non-hydrogen) atoms. The van der Waals surface area contributed by atoms with E-state index >= 15 is 0 Å². The van der Waals surface area contributed by atoms with Crippen LogP contribution in [0.15, 0.2) is 115 Å². The third kappa shape index (κ3) is 5.28. The third-order valence-electron chi connectivity index (χ3n) is 11.5. The molecule has 0 N–H and O–H groups in total. The fraction of sp³-hybridized carbons (Fsp3) is 0.333. The van der Waals surface area contributed by atoms with Gasteiger partial charge in [0.15, 0.2) is 0 Å². The lowest BCUT2D eigenvalue weighted by Crippen LogP contribution is -2.17. The van der Waals surface area contributed by atoms with E-state index in [1.807, 2.05) is 0 Å². The van der Waals surface area contributed by atoms with Gasteiger partial charge in [-0.15, -0.1) is 0 Å². The molecule has 0 aliphatic heterocycles. The fourth-order valence-electron chi connectivity index (χ4n) is 8.89. The molecule has 2 saturated carbocycles. The van der Waals surface area contributed by atoms with Crippen LogP contribution in [0.1, 0.15) is 112 Å². The highest BCUT2D eigenvalue weighted by atomic mass is 15.1. The summed E-state index contributed by atoms with van der Waals surface area (Å²) in [4.78, 5) is 2.51. The molecule has 5 aromatic carbocycles. The molecule has 0 radical (unpaired) electrons. The molecule has 2 fully saturated rings. The number of nitrogens with zero attached hydrogens (tertiary/aromatic N) is 1. The SMILES string of the molecule is CC1(C)c2ccccc2-c2c(-c3ccccc3)cc(N(c3ccc(C4CCCCC4)cc3)c3ccc(C4CCCCC4)cc3)cc21. The monoisotopic (exact) mass is 601 g/mol. The van der Waals surface area contributed by atoms with E-state index in [0.717, 1.165) is 0 Å². The quantitative estimate of drug-likeness (QED) is 0.187. The maximum atomic E-state index is 2.51. The lowest BCUT2D eigenvalue weighted by Gasteiger charge is -2.30. The molecule has 0 unspecified atom stereocenters. The van der Waals surface area contributed by atoms with Crippen LogP contribution in [-0.4, -0.2) is 0 Å². The van der Waals surface area contributed by atoms with Gasteiger partial charge in [0.25, 0.3) is 0 Å². The molecule has 1 nitrogen and oxygen atoms in total. The van der Waals surface area contributed by atoms with Gasteiger partial charge < -0.3 is 4.90 Å². The van der Waals surface area contributed by atoms with Crippen LogP contribution < -0.4 is 4.90 Å². The first-order valence-electron chi connectivity index (χ1n) is 17.9. The Morgan fingerprint density at radius 3 is 1.57 bits per heavy atom. The molecule has 8 rings (SSSR count). The molecule has 0 heterocycles. The van der Waals surface area contributed by atoms with Crippen LogP contribution in [0.4, 0.5) is 17.1 Å². The van der Waals surface area contributed by atoms with Crippen molar-refractivity contribution in [2.75, 3.05) is 4.90 Å². The van der Waals surface area contributed by atoms with Crippen molar-refractivity contribution in [1.82, 2.24) is 0 Å². The molecule has 3 aliphatic carbocycles. The second-order valence-electron chi connectivity index (χ2n) is 14.6. The number of hydrogen-bond donors (Lipinski definition) is 0. The number of benzene rings is 5. The summed E-state index contributed by atoms with van der Waals surface area (Å²) in [6.45, 7) is 4.80. The average Bonchev–Trinajstić information content (AvgIpc) is 3.36. The molecule has 0 spiro atoms. The third-order valence-corrected chi connectivity index (χ3v) is 11.5. The van der Waals surface area contributed by atoms with Crippen molar-refractivity contribution >= 4 is 17.1 Å². The maximum Gasteiger partial charge on any atom is 0.0471 e. The molecule has 3 aliphatic rings. The summed E-state index contributed by atoms with van der Waals surface area (Å²) in [6.07, 6.45) is 13.5. The molecular weight excluding hydrogens is 555 g/mol. The zero-order valence-corrected chi connectivity index (χ0v) is 27.6. The first-order valence-corrected chi connectivity index (χ1v) is 17.9. The predicted octanol–water partition coefficient (Wildman–Crippen LogP) is 13.2. The van der Waals surface area contributed by atoms with Crippen molar-refractivity contribution in [3.8, 4) is 22.3 Å². The van der Waals surface area contributed by atoms with Crippen molar-refractivity contribution in [3.63, 3.8) is 0 Å². The highest BCUT2D eigenvalue weighted by Gasteiger charge is 2.38. The van der Waals surface area contributed by atoms with Gasteiger partial charge in [-0.2, -0.15) is 0 Å². The van der Waals surface area contributed by atoms with E-state index in [9.17, 15) is 0 Å².